The van der Waals surface area contributed by atoms with E-state index in [0.29, 0.717) is 55.0 Å². The van der Waals surface area contributed by atoms with E-state index in [9.17, 15) is 14.4 Å². The molecule has 2 aliphatic heterocycles. The fraction of sp³-hybridized carbons (Fsp3) is 0.464. The largest absolute Gasteiger partial charge is 0.368 e. The summed E-state index contributed by atoms with van der Waals surface area (Å²) >= 11 is 0. The quantitative estimate of drug-likeness (QED) is 0.323. The van der Waals surface area contributed by atoms with E-state index >= 15 is 0 Å². The summed E-state index contributed by atoms with van der Waals surface area (Å²) < 4.78 is 20.5. The Bertz CT molecular complexity index is 1430. The van der Waals surface area contributed by atoms with Crippen molar-refractivity contribution in [2.24, 2.45) is 0 Å². The lowest BCUT2D eigenvalue weighted by Gasteiger charge is -2.41. The van der Waals surface area contributed by atoms with Gasteiger partial charge in [-0.05, 0) is 50.5 Å². The van der Waals surface area contributed by atoms with Gasteiger partial charge in [0.05, 0.1) is 30.2 Å². The number of amides is 1. The highest BCUT2D eigenvalue weighted by Crippen LogP contribution is 2.32. The van der Waals surface area contributed by atoms with Gasteiger partial charge >= 0.3 is 0 Å². The number of aryl methyl sites for hydroxylation is 1. The van der Waals surface area contributed by atoms with Crippen molar-refractivity contribution in [2.75, 3.05) is 30.4 Å². The third kappa shape index (κ3) is 6.00. The fourth-order valence-electron chi connectivity index (χ4n) is 5.31. The summed E-state index contributed by atoms with van der Waals surface area (Å²) in [5.74, 6) is 1.12. The number of hydrazine groups is 1. The average molecular weight is 563 g/mol. The molecule has 12 nitrogen and oxygen atoms in total. The Morgan fingerprint density at radius 2 is 2.07 bits per heavy atom. The van der Waals surface area contributed by atoms with Crippen LogP contribution in [0.2, 0.25) is 0 Å². The number of rotatable bonds is 8. The zero-order valence-corrected chi connectivity index (χ0v) is 23.6. The molecule has 0 radical (unpaired) electrons. The van der Waals surface area contributed by atoms with Crippen LogP contribution in [-0.4, -0.2) is 63.7 Å². The lowest BCUT2D eigenvalue weighted by molar-refractivity contribution is -0.146. The van der Waals surface area contributed by atoms with Crippen LogP contribution in [0, 0.1) is 24.1 Å². The maximum atomic E-state index is 13.5. The molecule has 0 aliphatic carbocycles. The van der Waals surface area contributed by atoms with E-state index in [2.05, 4.69) is 49.5 Å². The van der Waals surface area contributed by atoms with E-state index < -0.39 is 11.4 Å². The highest BCUT2D eigenvalue weighted by atomic mass is 19.1. The first-order valence-electron chi connectivity index (χ1n) is 13.7. The number of hydrogen-bond donors (Lipinski definition) is 4. The molecule has 5 rings (SSSR count). The van der Waals surface area contributed by atoms with Crippen LogP contribution < -0.4 is 26.4 Å². The molecular formula is C28H35FN10O2. The Kier molecular flexibility index (Phi) is 8.16. The molecule has 13 heteroatoms. The van der Waals surface area contributed by atoms with Crippen LogP contribution in [0.1, 0.15) is 55.8 Å². The minimum absolute atomic E-state index is 0.0332. The van der Waals surface area contributed by atoms with Crippen LogP contribution in [0.25, 0.3) is 5.82 Å². The predicted octanol–water partition coefficient (Wildman–Crippen LogP) is 2.47. The smallest absolute Gasteiger partial charge is 0.252 e. The van der Waals surface area contributed by atoms with Crippen LogP contribution in [-0.2, 0) is 9.53 Å². The number of nitriles is 1. The van der Waals surface area contributed by atoms with E-state index in [0.717, 1.165) is 23.7 Å². The first kappa shape index (κ1) is 28.4. The highest BCUT2D eigenvalue weighted by molar-refractivity contribution is 5.86. The van der Waals surface area contributed by atoms with Gasteiger partial charge in [0.1, 0.15) is 23.3 Å². The Morgan fingerprint density at radius 3 is 2.66 bits per heavy atom. The normalized spacial score (nSPS) is 20.8. The van der Waals surface area contributed by atoms with Crippen molar-refractivity contribution >= 4 is 17.5 Å². The zero-order chi connectivity index (χ0) is 29.1. The molecule has 3 aromatic rings. The molecule has 5 heterocycles. The molecule has 0 saturated carbocycles. The van der Waals surface area contributed by atoms with Crippen molar-refractivity contribution < 1.29 is 13.9 Å². The molecular weight excluding hydrogens is 527 g/mol. The molecule has 2 unspecified atom stereocenters. The van der Waals surface area contributed by atoms with Gasteiger partial charge in [-0.15, -0.1) is 0 Å². The summed E-state index contributed by atoms with van der Waals surface area (Å²) in [6.45, 7) is 6.88. The summed E-state index contributed by atoms with van der Waals surface area (Å²) in [5, 5.41) is 20.3. The van der Waals surface area contributed by atoms with Gasteiger partial charge in [0.25, 0.3) is 5.91 Å². The van der Waals surface area contributed by atoms with Crippen LogP contribution in [0.15, 0.2) is 36.8 Å². The number of carbonyl (C=O) groups is 1. The summed E-state index contributed by atoms with van der Waals surface area (Å²) in [7, 11) is 1.55. The number of nitrogens with one attached hydrogen (secondary N) is 4. The minimum Gasteiger partial charge on any atom is -0.368 e. The van der Waals surface area contributed by atoms with Crippen LogP contribution in [0.5, 0.6) is 0 Å². The van der Waals surface area contributed by atoms with Gasteiger partial charge < -0.3 is 20.3 Å². The molecule has 3 aromatic heterocycles. The topological polar surface area (TPSA) is 145 Å². The summed E-state index contributed by atoms with van der Waals surface area (Å²) in [6.07, 6.45) is 5.79. The Hall–Kier alpha value is -4.12. The maximum Gasteiger partial charge on any atom is 0.252 e. The minimum atomic E-state index is -1.02. The van der Waals surface area contributed by atoms with Gasteiger partial charge in [-0.1, -0.05) is 6.07 Å². The molecule has 0 bridgehead atoms. The highest BCUT2D eigenvalue weighted by Gasteiger charge is 2.43. The number of hydrogen-bond acceptors (Lipinski definition) is 10. The molecule has 216 valence electrons. The molecule has 2 saturated heterocycles. The van der Waals surface area contributed by atoms with Crippen LogP contribution in [0.4, 0.5) is 16.0 Å². The number of aromatic nitrogens is 4. The third-order valence-electron chi connectivity index (χ3n) is 7.80. The van der Waals surface area contributed by atoms with Crippen molar-refractivity contribution in [3.05, 3.63) is 59.3 Å². The van der Waals surface area contributed by atoms with Crippen LogP contribution >= 0.6 is 0 Å². The molecule has 2 aliphatic rings. The standard InChI is InChI=1S/C28H35FN10O2/c1-17-11-23(34-24-12-18(2)36-37-24)35-26(22(17)13-30)38-9-7-28(41-4,8-10-38)27(40)33-19(3)20-5-6-25(31-14-20)39-16-21(29)15-32-39/h5-6,11,14-16,18-19,24,36-37H,7-10,12H2,1-4H3,(H,33,40)(H,34,35)/t18?,19-,24?/m0/s1. The predicted molar refractivity (Wildman–Crippen MR) is 151 cm³/mol. The van der Waals surface area contributed by atoms with Crippen molar-refractivity contribution in [2.45, 2.75) is 63.9 Å². The molecule has 0 aromatic carbocycles. The molecule has 41 heavy (non-hydrogen) atoms. The Morgan fingerprint density at radius 1 is 1.29 bits per heavy atom. The fourth-order valence-corrected chi connectivity index (χ4v) is 5.31. The second-order valence-corrected chi connectivity index (χ2v) is 10.7. The van der Waals surface area contributed by atoms with E-state index in [1.54, 1.807) is 19.4 Å². The Labute approximate surface area is 238 Å². The van der Waals surface area contributed by atoms with Gasteiger partial charge in [-0.3, -0.25) is 10.2 Å². The van der Waals surface area contributed by atoms with E-state index in [1.807, 2.05) is 26.0 Å². The zero-order valence-electron chi connectivity index (χ0n) is 23.6. The average Bonchev–Trinajstić information content (AvgIpc) is 3.60. The number of pyridine rings is 2. The second-order valence-electron chi connectivity index (χ2n) is 10.7. The summed E-state index contributed by atoms with van der Waals surface area (Å²) in [6, 6.07) is 7.75. The van der Waals surface area contributed by atoms with Gasteiger partial charge in [0.2, 0.25) is 0 Å². The van der Waals surface area contributed by atoms with Crippen LogP contribution in [0.3, 0.4) is 0 Å². The Balaban J connectivity index is 1.25. The molecule has 3 atom stereocenters. The number of methoxy groups -OCH3 is 1. The van der Waals surface area contributed by atoms with E-state index in [4.69, 9.17) is 9.72 Å². The third-order valence-corrected chi connectivity index (χ3v) is 7.80. The second kappa shape index (κ2) is 11.8. The van der Waals surface area contributed by atoms with E-state index in [1.165, 1.54) is 10.9 Å². The van der Waals surface area contributed by atoms with Crippen molar-refractivity contribution in [3.8, 4) is 11.9 Å². The van der Waals surface area contributed by atoms with Crippen molar-refractivity contribution in [3.63, 3.8) is 0 Å². The van der Waals surface area contributed by atoms with Gasteiger partial charge in [0, 0.05) is 45.3 Å². The summed E-state index contributed by atoms with van der Waals surface area (Å²) in [5.41, 5.74) is 7.54. The molecule has 1 amide bonds. The van der Waals surface area contributed by atoms with Crippen molar-refractivity contribution in [1.82, 2.24) is 35.9 Å². The maximum absolute atomic E-state index is 13.5. The lowest BCUT2D eigenvalue weighted by atomic mass is 9.89. The number of carbonyl (C=O) groups excluding carboxylic acids is 1. The first-order chi connectivity index (χ1) is 19.7. The summed E-state index contributed by atoms with van der Waals surface area (Å²) in [4.78, 5) is 24.7. The number of piperidine rings is 1. The van der Waals surface area contributed by atoms with E-state index in [-0.39, 0.29) is 18.1 Å². The number of ether oxygens (including phenoxy) is 1. The lowest BCUT2D eigenvalue weighted by Crippen LogP contribution is -2.55. The van der Waals surface area contributed by atoms with Gasteiger partial charge in [0.15, 0.2) is 11.6 Å². The van der Waals surface area contributed by atoms with Gasteiger partial charge in [-0.2, -0.15) is 10.4 Å². The number of halogens is 1. The molecule has 4 N–H and O–H groups in total. The van der Waals surface area contributed by atoms with Gasteiger partial charge in [-0.25, -0.2) is 24.5 Å². The van der Waals surface area contributed by atoms with Crippen molar-refractivity contribution in [1.29, 1.82) is 5.26 Å². The number of nitrogens with zero attached hydrogens (tertiary/aromatic N) is 6. The SMILES string of the molecule is COC1(C(=O)N[C@@H](C)c2ccc(-n3cc(F)cn3)nc2)CCN(c2nc(NC3CC(C)NN3)cc(C)c2C#N)CC1. The number of anilines is 2. The molecule has 2 fully saturated rings. The first-order valence-corrected chi connectivity index (χ1v) is 13.7. The molecule has 0 spiro atoms. The monoisotopic (exact) mass is 562 g/mol.